The molecular weight excluding hydrogens is 192 g/mol. The summed E-state index contributed by atoms with van der Waals surface area (Å²) >= 11 is 0. The second-order valence-corrected chi connectivity index (χ2v) is 3.52. The van der Waals surface area contributed by atoms with Crippen molar-refractivity contribution in [3.63, 3.8) is 0 Å². The van der Waals surface area contributed by atoms with Crippen molar-refractivity contribution in [3.05, 3.63) is 28.8 Å². The van der Waals surface area contributed by atoms with Crippen molar-refractivity contribution in [2.45, 2.75) is 20.3 Å². The van der Waals surface area contributed by atoms with Crippen molar-refractivity contribution in [1.29, 1.82) is 0 Å². The predicted molar refractivity (Wildman–Crippen MR) is 58.2 cm³/mol. The molecule has 0 aliphatic carbocycles. The smallest absolute Gasteiger partial charge is 0.309 e. The van der Waals surface area contributed by atoms with E-state index >= 15 is 0 Å². The number of hydrogen-bond acceptors (Lipinski definition) is 3. The number of rotatable bonds is 3. The van der Waals surface area contributed by atoms with Gasteiger partial charge in [-0.25, -0.2) is 0 Å². The molecule has 0 fully saturated rings. The minimum absolute atomic E-state index is 0.223. The highest BCUT2D eigenvalue weighted by molar-refractivity contribution is 5.72. The fourth-order valence-corrected chi connectivity index (χ4v) is 1.70. The summed E-state index contributed by atoms with van der Waals surface area (Å²) in [5.74, 6) is 0.655. The van der Waals surface area contributed by atoms with Gasteiger partial charge in [-0.2, -0.15) is 0 Å². The number of ether oxygens (including phenoxy) is 2. The van der Waals surface area contributed by atoms with Crippen LogP contribution in [0.1, 0.15) is 16.7 Å². The van der Waals surface area contributed by atoms with E-state index in [0.717, 1.165) is 22.4 Å². The van der Waals surface area contributed by atoms with Gasteiger partial charge >= 0.3 is 5.97 Å². The van der Waals surface area contributed by atoms with Crippen LogP contribution < -0.4 is 4.74 Å². The zero-order valence-electron chi connectivity index (χ0n) is 9.59. The Morgan fingerprint density at radius 1 is 1.20 bits per heavy atom. The maximum atomic E-state index is 11.1. The van der Waals surface area contributed by atoms with Crippen molar-refractivity contribution in [2.24, 2.45) is 0 Å². The lowest BCUT2D eigenvalue weighted by molar-refractivity contribution is -0.139. The largest absolute Gasteiger partial charge is 0.496 e. The summed E-state index contributed by atoms with van der Waals surface area (Å²) in [7, 11) is 3.04. The molecule has 15 heavy (non-hydrogen) atoms. The Bertz CT molecular complexity index is 346. The Labute approximate surface area is 90.0 Å². The molecule has 0 aliphatic heterocycles. The summed E-state index contributed by atoms with van der Waals surface area (Å²) < 4.78 is 9.87. The Morgan fingerprint density at radius 2 is 1.73 bits per heavy atom. The fourth-order valence-electron chi connectivity index (χ4n) is 1.70. The van der Waals surface area contributed by atoms with E-state index in [9.17, 15) is 4.79 Å². The second-order valence-electron chi connectivity index (χ2n) is 3.52. The molecule has 0 spiro atoms. The third-order valence-corrected chi connectivity index (χ3v) is 2.30. The summed E-state index contributed by atoms with van der Waals surface area (Å²) in [6.07, 6.45) is 0.308. The number of carbonyl (C=O) groups is 1. The van der Waals surface area contributed by atoms with Crippen LogP contribution in [-0.2, 0) is 16.0 Å². The van der Waals surface area contributed by atoms with Gasteiger partial charge in [-0.15, -0.1) is 0 Å². The molecule has 0 saturated carbocycles. The molecule has 0 unspecified atom stereocenters. The lowest BCUT2D eigenvalue weighted by Crippen LogP contribution is -2.05. The van der Waals surface area contributed by atoms with Gasteiger partial charge in [0, 0.05) is 0 Å². The number of carbonyl (C=O) groups excluding carboxylic acids is 1. The number of benzene rings is 1. The average molecular weight is 208 g/mol. The number of hydrogen-bond donors (Lipinski definition) is 0. The Morgan fingerprint density at radius 3 is 2.13 bits per heavy atom. The molecule has 0 aliphatic rings. The zero-order valence-corrected chi connectivity index (χ0v) is 9.59. The molecule has 82 valence electrons. The molecule has 0 bridgehead atoms. The summed E-state index contributed by atoms with van der Waals surface area (Å²) in [4.78, 5) is 11.1. The van der Waals surface area contributed by atoms with Gasteiger partial charge < -0.3 is 9.47 Å². The third-order valence-electron chi connectivity index (χ3n) is 2.30. The minimum atomic E-state index is -0.223. The SMILES string of the molecule is COC(=O)Cc1cc(C)c(OC)c(C)c1. The first-order valence-corrected chi connectivity index (χ1v) is 4.79. The predicted octanol–water partition coefficient (Wildman–Crippen LogP) is 2.03. The Kier molecular flexibility index (Phi) is 3.72. The molecule has 1 aromatic carbocycles. The van der Waals surface area contributed by atoms with Crippen LogP contribution >= 0.6 is 0 Å². The second kappa shape index (κ2) is 4.82. The van der Waals surface area contributed by atoms with Crippen molar-refractivity contribution >= 4 is 5.97 Å². The molecule has 0 radical (unpaired) electrons. The molecular formula is C12H16O3. The molecule has 1 aromatic rings. The van der Waals surface area contributed by atoms with Crippen molar-refractivity contribution < 1.29 is 14.3 Å². The zero-order chi connectivity index (χ0) is 11.4. The van der Waals surface area contributed by atoms with Gasteiger partial charge in [0.15, 0.2) is 0 Å². The topological polar surface area (TPSA) is 35.5 Å². The molecule has 0 saturated heterocycles. The Balaban J connectivity index is 2.98. The van der Waals surface area contributed by atoms with Crippen LogP contribution in [0.2, 0.25) is 0 Å². The van der Waals surface area contributed by atoms with Crippen LogP contribution in [0, 0.1) is 13.8 Å². The normalized spacial score (nSPS) is 9.87. The van der Waals surface area contributed by atoms with Gasteiger partial charge in [-0.05, 0) is 30.5 Å². The van der Waals surface area contributed by atoms with Crippen LogP contribution in [0.15, 0.2) is 12.1 Å². The van der Waals surface area contributed by atoms with E-state index in [0.29, 0.717) is 6.42 Å². The minimum Gasteiger partial charge on any atom is -0.496 e. The summed E-state index contributed by atoms with van der Waals surface area (Å²) in [6.45, 7) is 3.93. The van der Waals surface area contributed by atoms with Gasteiger partial charge in [0.2, 0.25) is 0 Å². The number of aryl methyl sites for hydroxylation is 2. The lowest BCUT2D eigenvalue weighted by atomic mass is 10.0. The molecule has 3 nitrogen and oxygen atoms in total. The monoisotopic (exact) mass is 208 g/mol. The van der Waals surface area contributed by atoms with E-state index in [4.69, 9.17) is 4.74 Å². The van der Waals surface area contributed by atoms with E-state index in [2.05, 4.69) is 4.74 Å². The van der Waals surface area contributed by atoms with Gasteiger partial charge in [-0.1, -0.05) is 12.1 Å². The summed E-state index contributed by atoms with van der Waals surface area (Å²) in [5, 5.41) is 0. The highest BCUT2D eigenvalue weighted by atomic mass is 16.5. The molecule has 1 rings (SSSR count). The fraction of sp³-hybridized carbons (Fsp3) is 0.417. The molecule has 0 aromatic heterocycles. The van der Waals surface area contributed by atoms with Gasteiger partial charge in [-0.3, -0.25) is 4.79 Å². The van der Waals surface area contributed by atoms with E-state index in [1.807, 2.05) is 26.0 Å². The average Bonchev–Trinajstić information content (AvgIpc) is 2.17. The molecule has 0 atom stereocenters. The van der Waals surface area contributed by atoms with Gasteiger partial charge in [0.1, 0.15) is 5.75 Å². The number of methoxy groups -OCH3 is 2. The third kappa shape index (κ3) is 2.72. The molecule has 0 heterocycles. The van der Waals surface area contributed by atoms with Crippen molar-refractivity contribution in [3.8, 4) is 5.75 Å². The van der Waals surface area contributed by atoms with Crippen molar-refractivity contribution in [1.82, 2.24) is 0 Å². The Hall–Kier alpha value is -1.51. The van der Waals surface area contributed by atoms with Crippen LogP contribution in [-0.4, -0.2) is 20.2 Å². The van der Waals surface area contributed by atoms with Crippen molar-refractivity contribution in [2.75, 3.05) is 14.2 Å². The highest BCUT2D eigenvalue weighted by Crippen LogP contribution is 2.24. The van der Waals surface area contributed by atoms with E-state index in [1.165, 1.54) is 7.11 Å². The summed E-state index contributed by atoms with van der Waals surface area (Å²) in [5.41, 5.74) is 3.03. The van der Waals surface area contributed by atoms with Gasteiger partial charge in [0.25, 0.3) is 0 Å². The van der Waals surface area contributed by atoms with Crippen LogP contribution in [0.4, 0.5) is 0 Å². The standard InChI is InChI=1S/C12H16O3/c1-8-5-10(7-11(13)14-3)6-9(2)12(8)15-4/h5-6H,7H2,1-4H3. The van der Waals surface area contributed by atoms with Crippen LogP contribution in [0.3, 0.4) is 0 Å². The van der Waals surface area contributed by atoms with Gasteiger partial charge in [0.05, 0.1) is 20.6 Å². The maximum Gasteiger partial charge on any atom is 0.309 e. The molecule has 3 heteroatoms. The van der Waals surface area contributed by atoms with E-state index < -0.39 is 0 Å². The highest BCUT2D eigenvalue weighted by Gasteiger charge is 2.08. The first kappa shape index (κ1) is 11.6. The first-order valence-electron chi connectivity index (χ1n) is 4.79. The number of esters is 1. The van der Waals surface area contributed by atoms with E-state index in [1.54, 1.807) is 7.11 Å². The maximum absolute atomic E-state index is 11.1. The first-order chi connectivity index (χ1) is 7.08. The molecule has 0 amide bonds. The summed E-state index contributed by atoms with van der Waals surface area (Å²) in [6, 6.07) is 3.89. The van der Waals surface area contributed by atoms with Crippen LogP contribution in [0.5, 0.6) is 5.75 Å². The van der Waals surface area contributed by atoms with Crippen LogP contribution in [0.25, 0.3) is 0 Å². The van der Waals surface area contributed by atoms with E-state index in [-0.39, 0.29) is 5.97 Å². The molecule has 0 N–H and O–H groups in total. The quantitative estimate of drug-likeness (QED) is 0.713. The lowest BCUT2D eigenvalue weighted by Gasteiger charge is -2.10.